The van der Waals surface area contributed by atoms with Crippen molar-refractivity contribution in [1.29, 1.82) is 0 Å². The van der Waals surface area contributed by atoms with Crippen LogP contribution in [0, 0.1) is 0 Å². The van der Waals surface area contributed by atoms with E-state index in [0.717, 1.165) is 12.8 Å². The van der Waals surface area contributed by atoms with Gasteiger partial charge in [0.2, 0.25) is 0 Å². The Morgan fingerprint density at radius 2 is 2.22 bits per heavy atom. The van der Waals surface area contributed by atoms with Crippen LogP contribution < -0.4 is 0 Å². The Balaban J connectivity index is 2.13. The van der Waals surface area contributed by atoms with Gasteiger partial charge in [-0.3, -0.25) is 0 Å². The zero-order chi connectivity index (χ0) is 6.91. The molecule has 0 aromatic carbocycles. The molecule has 0 bridgehead atoms. The summed E-state index contributed by atoms with van der Waals surface area (Å²) >= 11 is 11.4. The second-order valence-electron chi connectivity index (χ2n) is 2.34. The van der Waals surface area contributed by atoms with Gasteiger partial charge in [0, 0.05) is 5.88 Å². The first-order valence-electron chi connectivity index (χ1n) is 3.12. The summed E-state index contributed by atoms with van der Waals surface area (Å²) in [6.07, 6.45) is 2.04. The van der Waals surface area contributed by atoms with E-state index >= 15 is 0 Å². The fourth-order valence-corrected chi connectivity index (χ4v) is 1.23. The maximum atomic E-state index is 5.89. The highest BCUT2D eigenvalue weighted by Gasteiger charge is 2.50. The van der Waals surface area contributed by atoms with Gasteiger partial charge in [-0.1, -0.05) is 11.6 Å². The molecule has 3 heteroatoms. The van der Waals surface area contributed by atoms with Gasteiger partial charge in [0.15, 0.2) is 5.06 Å². The van der Waals surface area contributed by atoms with Crippen LogP contribution in [0.15, 0.2) is 0 Å². The molecule has 1 rings (SSSR count). The van der Waals surface area contributed by atoms with Crippen LogP contribution >= 0.6 is 23.2 Å². The molecule has 0 amide bonds. The molecule has 0 aromatic rings. The standard InChI is InChI=1S/C6H10Cl2O/c1-5-6(8,9-5)3-2-4-7/h5H,2-4H2,1H3. The van der Waals surface area contributed by atoms with Crippen molar-refractivity contribution in [3.8, 4) is 0 Å². The summed E-state index contributed by atoms with van der Waals surface area (Å²) in [5, 5.41) is -0.352. The lowest BCUT2D eigenvalue weighted by atomic mass is 10.2. The first-order chi connectivity index (χ1) is 4.19. The van der Waals surface area contributed by atoms with Crippen LogP contribution in [0.25, 0.3) is 0 Å². The highest BCUT2D eigenvalue weighted by atomic mass is 35.5. The topological polar surface area (TPSA) is 12.5 Å². The molecule has 0 radical (unpaired) electrons. The molecule has 2 atom stereocenters. The van der Waals surface area contributed by atoms with Gasteiger partial charge in [-0.2, -0.15) is 0 Å². The average Bonchev–Trinajstić information content (AvgIpc) is 2.38. The number of ether oxygens (including phenoxy) is 1. The number of hydrogen-bond acceptors (Lipinski definition) is 1. The minimum atomic E-state index is -0.352. The van der Waals surface area contributed by atoms with Gasteiger partial charge < -0.3 is 4.74 Å². The second kappa shape index (κ2) is 2.65. The molecular weight excluding hydrogens is 159 g/mol. The first-order valence-corrected chi connectivity index (χ1v) is 4.03. The molecule has 0 saturated carbocycles. The molecule has 54 valence electrons. The SMILES string of the molecule is CC1OC1(Cl)CCCCl. The zero-order valence-electron chi connectivity index (χ0n) is 5.36. The van der Waals surface area contributed by atoms with Gasteiger partial charge >= 0.3 is 0 Å². The molecule has 1 heterocycles. The third-order valence-electron chi connectivity index (χ3n) is 1.57. The molecule has 1 aliphatic heterocycles. The lowest BCUT2D eigenvalue weighted by Gasteiger charge is -1.98. The Bertz CT molecular complexity index is 107. The molecule has 1 fully saturated rings. The monoisotopic (exact) mass is 168 g/mol. The summed E-state index contributed by atoms with van der Waals surface area (Å²) in [6.45, 7) is 1.97. The van der Waals surface area contributed by atoms with Gasteiger partial charge in [0.1, 0.15) is 6.10 Å². The third-order valence-corrected chi connectivity index (χ3v) is 2.43. The van der Waals surface area contributed by atoms with Gasteiger partial charge in [-0.25, -0.2) is 0 Å². The van der Waals surface area contributed by atoms with E-state index < -0.39 is 0 Å². The van der Waals surface area contributed by atoms with Gasteiger partial charge in [0.25, 0.3) is 0 Å². The Hall–Kier alpha value is 0.540. The molecular formula is C6H10Cl2O. The summed E-state index contributed by atoms with van der Waals surface area (Å²) in [4.78, 5) is 0. The van der Waals surface area contributed by atoms with Crippen LogP contribution in [-0.2, 0) is 4.74 Å². The van der Waals surface area contributed by atoms with Crippen molar-refractivity contribution in [2.75, 3.05) is 5.88 Å². The van der Waals surface area contributed by atoms with Crippen molar-refractivity contribution in [1.82, 2.24) is 0 Å². The summed E-state index contributed by atoms with van der Waals surface area (Å²) in [5.74, 6) is 0.671. The van der Waals surface area contributed by atoms with Crippen LogP contribution in [0.1, 0.15) is 19.8 Å². The van der Waals surface area contributed by atoms with Crippen LogP contribution in [0.4, 0.5) is 0 Å². The lowest BCUT2D eigenvalue weighted by Crippen LogP contribution is -2.03. The number of alkyl halides is 2. The molecule has 1 saturated heterocycles. The fourth-order valence-electron chi connectivity index (χ4n) is 0.830. The molecule has 0 spiro atoms. The second-order valence-corrected chi connectivity index (χ2v) is 3.36. The Labute approximate surface area is 65.3 Å². The van der Waals surface area contributed by atoms with E-state index in [9.17, 15) is 0 Å². The number of epoxide rings is 1. The predicted molar refractivity (Wildman–Crippen MR) is 39.1 cm³/mol. The Morgan fingerprint density at radius 1 is 1.67 bits per heavy atom. The summed E-state index contributed by atoms with van der Waals surface area (Å²) in [7, 11) is 0. The third kappa shape index (κ3) is 1.73. The van der Waals surface area contributed by atoms with Crippen LogP contribution in [0.2, 0.25) is 0 Å². The van der Waals surface area contributed by atoms with Crippen molar-refractivity contribution < 1.29 is 4.74 Å². The smallest absolute Gasteiger partial charge is 0.168 e. The van der Waals surface area contributed by atoms with Crippen LogP contribution in [0.3, 0.4) is 0 Å². The molecule has 1 aliphatic rings. The first kappa shape index (κ1) is 7.64. The van der Waals surface area contributed by atoms with Crippen LogP contribution in [0.5, 0.6) is 0 Å². The van der Waals surface area contributed by atoms with Crippen molar-refractivity contribution in [3.63, 3.8) is 0 Å². The Kier molecular flexibility index (Phi) is 2.25. The molecule has 0 N–H and O–H groups in total. The fraction of sp³-hybridized carbons (Fsp3) is 1.00. The average molecular weight is 169 g/mol. The summed E-state index contributed by atoms with van der Waals surface area (Å²) < 4.78 is 5.11. The minimum absolute atomic E-state index is 0.224. The van der Waals surface area contributed by atoms with E-state index in [0.29, 0.717) is 5.88 Å². The number of rotatable bonds is 3. The normalized spacial score (nSPS) is 41.0. The highest BCUT2D eigenvalue weighted by molar-refractivity contribution is 6.25. The summed E-state index contributed by atoms with van der Waals surface area (Å²) in [5.41, 5.74) is 0. The number of halogens is 2. The van der Waals surface area contributed by atoms with Crippen molar-refractivity contribution in [2.24, 2.45) is 0 Å². The van der Waals surface area contributed by atoms with E-state index in [2.05, 4.69) is 0 Å². The summed E-state index contributed by atoms with van der Waals surface area (Å²) in [6, 6.07) is 0. The quantitative estimate of drug-likeness (QED) is 0.466. The molecule has 0 aliphatic carbocycles. The van der Waals surface area contributed by atoms with Crippen molar-refractivity contribution >= 4 is 23.2 Å². The highest BCUT2D eigenvalue weighted by Crippen LogP contribution is 2.44. The Morgan fingerprint density at radius 3 is 2.56 bits per heavy atom. The number of hydrogen-bond donors (Lipinski definition) is 0. The largest absolute Gasteiger partial charge is 0.350 e. The van der Waals surface area contributed by atoms with Gasteiger partial charge in [-0.05, 0) is 19.8 Å². The van der Waals surface area contributed by atoms with Crippen molar-refractivity contribution in [2.45, 2.75) is 30.9 Å². The van der Waals surface area contributed by atoms with E-state index in [-0.39, 0.29) is 11.2 Å². The minimum Gasteiger partial charge on any atom is -0.350 e. The van der Waals surface area contributed by atoms with Gasteiger partial charge in [0.05, 0.1) is 0 Å². The lowest BCUT2D eigenvalue weighted by molar-refractivity contribution is 0.346. The zero-order valence-corrected chi connectivity index (χ0v) is 6.87. The van der Waals surface area contributed by atoms with E-state index in [1.807, 2.05) is 6.92 Å². The maximum Gasteiger partial charge on any atom is 0.168 e. The molecule has 2 unspecified atom stereocenters. The molecule has 9 heavy (non-hydrogen) atoms. The maximum absolute atomic E-state index is 5.89. The predicted octanol–water partition coefficient (Wildman–Crippen LogP) is 2.36. The van der Waals surface area contributed by atoms with Crippen molar-refractivity contribution in [3.05, 3.63) is 0 Å². The van der Waals surface area contributed by atoms with Gasteiger partial charge in [-0.15, -0.1) is 11.6 Å². The van der Waals surface area contributed by atoms with E-state index in [1.165, 1.54) is 0 Å². The van der Waals surface area contributed by atoms with Crippen LogP contribution in [-0.4, -0.2) is 17.0 Å². The molecule has 1 nitrogen and oxygen atoms in total. The van der Waals surface area contributed by atoms with E-state index in [1.54, 1.807) is 0 Å². The van der Waals surface area contributed by atoms with E-state index in [4.69, 9.17) is 27.9 Å². The molecule has 0 aromatic heterocycles.